The molecule has 4 rings (SSSR count). The normalized spacial score (nSPS) is 11.1. The number of thioether (sulfide) groups is 1. The van der Waals surface area contributed by atoms with Gasteiger partial charge in [0.1, 0.15) is 17.1 Å². The molecule has 4 aromatic rings. The van der Waals surface area contributed by atoms with Crippen LogP contribution in [0.5, 0.6) is 0 Å². The minimum atomic E-state index is -0.713. The molecule has 3 aromatic heterocycles. The van der Waals surface area contributed by atoms with E-state index in [1.165, 1.54) is 10.8 Å². The lowest BCUT2D eigenvalue weighted by Crippen LogP contribution is -2.44. The van der Waals surface area contributed by atoms with Crippen molar-refractivity contribution >= 4 is 23.4 Å². The largest absolute Gasteiger partial charge is 0.469 e. The molecule has 0 atom stereocenters. The number of aryl methyl sites for hydroxylation is 1. The summed E-state index contributed by atoms with van der Waals surface area (Å²) in [6.45, 7) is 3.67. The third-order valence-corrected chi connectivity index (χ3v) is 5.89. The number of rotatable bonds is 8. The number of carbonyl (C=O) groups excluding carboxylic acids is 1. The third-order valence-electron chi connectivity index (χ3n) is 5.07. The van der Waals surface area contributed by atoms with Crippen LogP contribution in [0.3, 0.4) is 0 Å². The molecule has 3 heterocycles. The molecule has 2 N–H and O–H groups in total. The highest BCUT2D eigenvalue weighted by molar-refractivity contribution is 7.99. The van der Waals surface area contributed by atoms with E-state index in [1.54, 1.807) is 19.9 Å². The number of benzene rings is 1. The van der Waals surface area contributed by atoms with Gasteiger partial charge in [0.25, 0.3) is 16.7 Å². The summed E-state index contributed by atoms with van der Waals surface area (Å²) >= 11 is 0.981. The molecular formula is C22H21N5O5S. The number of ketones is 1. The first kappa shape index (κ1) is 22.3. The number of furan rings is 1. The summed E-state index contributed by atoms with van der Waals surface area (Å²) in [4.78, 5) is 38.7. The van der Waals surface area contributed by atoms with E-state index in [-0.39, 0.29) is 41.3 Å². The Balaban J connectivity index is 1.61. The lowest BCUT2D eigenvalue weighted by molar-refractivity contribution is 0.102. The molecule has 0 saturated heterocycles. The Bertz CT molecular complexity index is 1420. The van der Waals surface area contributed by atoms with E-state index in [2.05, 4.69) is 10.2 Å². The van der Waals surface area contributed by atoms with Gasteiger partial charge < -0.3 is 14.6 Å². The summed E-state index contributed by atoms with van der Waals surface area (Å²) in [5.41, 5.74) is 6.13. The van der Waals surface area contributed by atoms with E-state index < -0.39 is 17.0 Å². The highest BCUT2D eigenvalue weighted by atomic mass is 32.2. The summed E-state index contributed by atoms with van der Waals surface area (Å²) in [5, 5.41) is 8.05. The van der Waals surface area contributed by atoms with Crippen molar-refractivity contribution in [2.75, 3.05) is 11.5 Å². The molecule has 0 aliphatic rings. The summed E-state index contributed by atoms with van der Waals surface area (Å²) in [6, 6.07) is 10.9. The molecule has 0 radical (unpaired) electrons. The van der Waals surface area contributed by atoms with E-state index in [4.69, 9.17) is 14.6 Å². The molecule has 0 spiro atoms. The topological polar surface area (TPSA) is 139 Å². The monoisotopic (exact) mass is 467 g/mol. The molecule has 33 heavy (non-hydrogen) atoms. The molecule has 0 bridgehead atoms. The molecule has 0 unspecified atom stereocenters. The smallest absolute Gasteiger partial charge is 0.332 e. The minimum absolute atomic E-state index is 0.108. The maximum absolute atomic E-state index is 13.0. The van der Waals surface area contributed by atoms with Crippen LogP contribution in [0.4, 0.5) is 5.82 Å². The van der Waals surface area contributed by atoms with Crippen molar-refractivity contribution in [2.24, 2.45) is 0 Å². The molecular weight excluding hydrogens is 446 g/mol. The van der Waals surface area contributed by atoms with Crippen molar-refractivity contribution in [3.05, 3.63) is 80.4 Å². The summed E-state index contributed by atoms with van der Waals surface area (Å²) in [5.74, 6) is 0.0223. The van der Waals surface area contributed by atoms with Crippen LogP contribution in [0, 0.1) is 6.92 Å². The lowest BCUT2D eigenvalue weighted by Gasteiger charge is -2.15. The van der Waals surface area contributed by atoms with Gasteiger partial charge in [0, 0.05) is 6.54 Å². The summed E-state index contributed by atoms with van der Waals surface area (Å²) in [7, 11) is 0. The van der Waals surface area contributed by atoms with Crippen LogP contribution in [0.1, 0.15) is 28.6 Å². The first-order valence-corrected chi connectivity index (χ1v) is 11.1. The van der Waals surface area contributed by atoms with E-state index in [0.717, 1.165) is 21.9 Å². The minimum Gasteiger partial charge on any atom is -0.469 e. The van der Waals surface area contributed by atoms with E-state index in [9.17, 15) is 14.4 Å². The standard InChI is InChI=1S/C22H21N5O5S/c1-3-26-20(29)17(18(23)27(22(26)30)11-14-7-5-4-6-8-14)16(28)12-33-21-25-24-19(32-21)15-9-10-31-13(15)2/h4-10H,3,11-12,23H2,1-2H3. The molecule has 0 fully saturated rings. The predicted octanol–water partition coefficient (Wildman–Crippen LogP) is 2.59. The zero-order chi connectivity index (χ0) is 23.5. The average molecular weight is 468 g/mol. The van der Waals surface area contributed by atoms with Crippen LogP contribution in [-0.4, -0.2) is 30.9 Å². The van der Waals surface area contributed by atoms with Gasteiger partial charge in [-0.3, -0.25) is 18.7 Å². The van der Waals surface area contributed by atoms with Crippen molar-refractivity contribution in [1.29, 1.82) is 0 Å². The Hall–Kier alpha value is -3.86. The lowest BCUT2D eigenvalue weighted by atomic mass is 10.2. The van der Waals surface area contributed by atoms with Crippen LogP contribution in [0.2, 0.25) is 0 Å². The van der Waals surface area contributed by atoms with Gasteiger partial charge in [-0.25, -0.2) is 4.79 Å². The number of hydrogen-bond donors (Lipinski definition) is 1. The zero-order valence-corrected chi connectivity index (χ0v) is 18.8. The second kappa shape index (κ2) is 9.33. The van der Waals surface area contributed by atoms with Crippen LogP contribution >= 0.6 is 11.8 Å². The quantitative estimate of drug-likeness (QED) is 0.306. The van der Waals surface area contributed by atoms with Gasteiger partial charge in [-0.1, -0.05) is 42.1 Å². The third kappa shape index (κ3) is 4.40. The Morgan fingerprint density at radius 3 is 2.55 bits per heavy atom. The zero-order valence-electron chi connectivity index (χ0n) is 18.0. The van der Waals surface area contributed by atoms with Crippen LogP contribution in [0.15, 0.2) is 66.3 Å². The predicted molar refractivity (Wildman–Crippen MR) is 122 cm³/mol. The van der Waals surface area contributed by atoms with E-state index >= 15 is 0 Å². The molecule has 0 aliphatic carbocycles. The van der Waals surface area contributed by atoms with E-state index in [0.29, 0.717) is 11.3 Å². The number of Topliss-reactive ketones (excluding diaryl/α,β-unsaturated/α-hetero) is 1. The summed E-state index contributed by atoms with van der Waals surface area (Å²) < 4.78 is 13.1. The first-order chi connectivity index (χ1) is 15.9. The second-order valence-electron chi connectivity index (χ2n) is 7.14. The van der Waals surface area contributed by atoms with Crippen molar-refractivity contribution in [1.82, 2.24) is 19.3 Å². The number of anilines is 1. The molecule has 11 heteroatoms. The van der Waals surface area contributed by atoms with Gasteiger partial charge in [-0.2, -0.15) is 0 Å². The van der Waals surface area contributed by atoms with Crippen molar-refractivity contribution < 1.29 is 13.6 Å². The Morgan fingerprint density at radius 1 is 1.12 bits per heavy atom. The van der Waals surface area contributed by atoms with Gasteiger partial charge >= 0.3 is 5.69 Å². The van der Waals surface area contributed by atoms with Gasteiger partial charge in [0.05, 0.1) is 24.1 Å². The second-order valence-corrected chi connectivity index (χ2v) is 8.07. The molecule has 0 aliphatic heterocycles. The Morgan fingerprint density at radius 2 is 1.88 bits per heavy atom. The number of carbonyl (C=O) groups is 1. The average Bonchev–Trinajstić information content (AvgIpc) is 3.45. The number of aromatic nitrogens is 4. The molecule has 10 nitrogen and oxygen atoms in total. The van der Waals surface area contributed by atoms with Crippen LogP contribution < -0.4 is 17.0 Å². The van der Waals surface area contributed by atoms with E-state index in [1.807, 2.05) is 30.3 Å². The highest BCUT2D eigenvalue weighted by Gasteiger charge is 2.23. The maximum atomic E-state index is 13.0. The Labute approximate surface area is 192 Å². The number of hydrogen-bond acceptors (Lipinski definition) is 9. The molecule has 0 saturated carbocycles. The molecule has 170 valence electrons. The van der Waals surface area contributed by atoms with Gasteiger partial charge in [0.2, 0.25) is 0 Å². The molecule has 1 aromatic carbocycles. The SMILES string of the molecule is CCn1c(=O)c(C(=O)CSc2nnc(-c3ccoc3C)o2)c(N)n(Cc2ccccc2)c1=O. The Kier molecular flexibility index (Phi) is 6.31. The summed E-state index contributed by atoms with van der Waals surface area (Å²) in [6.07, 6.45) is 1.51. The highest BCUT2D eigenvalue weighted by Crippen LogP contribution is 2.26. The van der Waals surface area contributed by atoms with Crippen molar-refractivity contribution in [3.63, 3.8) is 0 Å². The number of nitrogens with two attached hydrogens (primary N) is 1. The first-order valence-electron chi connectivity index (χ1n) is 10.1. The van der Waals surface area contributed by atoms with Crippen molar-refractivity contribution in [3.8, 4) is 11.5 Å². The van der Waals surface area contributed by atoms with Crippen molar-refractivity contribution in [2.45, 2.75) is 32.2 Å². The van der Waals surface area contributed by atoms with Crippen LogP contribution in [-0.2, 0) is 13.1 Å². The maximum Gasteiger partial charge on any atom is 0.332 e. The van der Waals surface area contributed by atoms with Gasteiger partial charge in [-0.05, 0) is 25.5 Å². The van der Waals surface area contributed by atoms with Gasteiger partial charge in [-0.15, -0.1) is 10.2 Å². The van der Waals surface area contributed by atoms with Gasteiger partial charge in [0.15, 0.2) is 5.78 Å². The fraction of sp³-hybridized carbons (Fsp3) is 0.227. The fourth-order valence-electron chi connectivity index (χ4n) is 3.36. The van der Waals surface area contributed by atoms with Crippen LogP contribution in [0.25, 0.3) is 11.5 Å². The molecule has 0 amide bonds. The fourth-order valence-corrected chi connectivity index (χ4v) is 3.99. The number of nitrogen functional groups attached to an aromatic ring is 1. The number of nitrogens with zero attached hydrogens (tertiary/aromatic N) is 4.